The van der Waals surface area contributed by atoms with Gasteiger partial charge >= 0.3 is 6.43 Å². The molecule has 1 N–H and O–H groups in total. The van der Waals surface area contributed by atoms with E-state index >= 15 is 0 Å². The number of hydrogen-bond donors (Lipinski definition) is 1. The van der Waals surface area contributed by atoms with E-state index in [9.17, 15) is 13.6 Å². The summed E-state index contributed by atoms with van der Waals surface area (Å²) < 4.78 is 27.9. The largest absolute Gasteiger partial charge is 0.385 e. The summed E-state index contributed by atoms with van der Waals surface area (Å²) in [5, 5.41) is 2.10. The number of rotatable bonds is 6. The zero-order valence-corrected chi connectivity index (χ0v) is 6.98. The fourth-order valence-electron chi connectivity index (χ4n) is 0.660. The normalized spacial score (nSPS) is 10.3. The van der Waals surface area contributed by atoms with E-state index in [1.807, 2.05) is 0 Å². The molecule has 0 aromatic heterocycles. The number of halogens is 2. The van der Waals surface area contributed by atoms with Crippen molar-refractivity contribution in [2.75, 3.05) is 20.3 Å². The van der Waals surface area contributed by atoms with Gasteiger partial charge < -0.3 is 10.1 Å². The second-order valence-electron chi connectivity index (χ2n) is 2.29. The minimum atomic E-state index is -2.91. The first kappa shape index (κ1) is 11.3. The van der Waals surface area contributed by atoms with Crippen molar-refractivity contribution in [3.63, 3.8) is 0 Å². The number of methoxy groups -OCH3 is 1. The Morgan fingerprint density at radius 2 is 2.17 bits per heavy atom. The van der Waals surface area contributed by atoms with Gasteiger partial charge in [-0.15, -0.1) is 0 Å². The molecule has 0 spiro atoms. The van der Waals surface area contributed by atoms with E-state index < -0.39 is 12.3 Å². The van der Waals surface area contributed by atoms with Gasteiger partial charge in [0.15, 0.2) is 0 Å². The summed E-state index contributed by atoms with van der Waals surface area (Å²) in [4.78, 5) is 10.3. The minimum absolute atomic E-state index is 0.284. The van der Waals surface area contributed by atoms with Crippen molar-refractivity contribution >= 4 is 5.91 Å². The summed E-state index contributed by atoms with van der Waals surface area (Å²) in [6.45, 7) is 0.872. The van der Waals surface area contributed by atoms with Crippen molar-refractivity contribution < 1.29 is 18.3 Å². The molecule has 0 aliphatic rings. The van der Waals surface area contributed by atoms with Crippen LogP contribution >= 0.6 is 0 Å². The zero-order chi connectivity index (χ0) is 9.40. The van der Waals surface area contributed by atoms with Gasteiger partial charge in [-0.3, -0.25) is 4.79 Å². The third-order valence-corrected chi connectivity index (χ3v) is 1.27. The lowest BCUT2D eigenvalue weighted by Gasteiger charge is -2.02. The molecule has 72 valence electrons. The van der Waals surface area contributed by atoms with Crippen LogP contribution in [-0.4, -0.2) is 32.6 Å². The quantitative estimate of drug-likeness (QED) is 0.615. The molecule has 0 atom stereocenters. The van der Waals surface area contributed by atoms with Gasteiger partial charge in [0, 0.05) is 20.3 Å². The number of nitrogens with one attached hydrogen (secondary N) is 1. The standard InChI is InChI=1S/C7H13F2NO2/c1-12-5-3-2-4-10-7(11)6(8)9/h6H,2-5H2,1H3,(H,10,11). The monoisotopic (exact) mass is 181 g/mol. The number of ether oxygens (including phenoxy) is 1. The molecule has 1 amide bonds. The van der Waals surface area contributed by atoms with Crippen LogP contribution in [0.25, 0.3) is 0 Å². The Morgan fingerprint density at radius 3 is 2.67 bits per heavy atom. The molecule has 12 heavy (non-hydrogen) atoms. The maximum atomic E-state index is 11.6. The second kappa shape index (κ2) is 6.97. The molecule has 3 nitrogen and oxygen atoms in total. The van der Waals surface area contributed by atoms with Gasteiger partial charge in [-0.05, 0) is 12.8 Å². The van der Waals surface area contributed by atoms with Crippen molar-refractivity contribution in [1.29, 1.82) is 0 Å². The molecule has 0 aliphatic carbocycles. The average Bonchev–Trinajstić information content (AvgIpc) is 2.03. The van der Waals surface area contributed by atoms with Crippen LogP contribution in [0, 0.1) is 0 Å². The molecule has 0 bridgehead atoms. The minimum Gasteiger partial charge on any atom is -0.385 e. The van der Waals surface area contributed by atoms with Crippen molar-refractivity contribution in [3.05, 3.63) is 0 Å². The topological polar surface area (TPSA) is 38.3 Å². The molecule has 0 saturated carbocycles. The first-order chi connectivity index (χ1) is 5.68. The maximum absolute atomic E-state index is 11.6. The molecule has 0 rings (SSSR count). The lowest BCUT2D eigenvalue weighted by atomic mass is 10.3. The van der Waals surface area contributed by atoms with E-state index in [1.165, 1.54) is 0 Å². The highest BCUT2D eigenvalue weighted by Crippen LogP contribution is 1.92. The third kappa shape index (κ3) is 6.03. The molecule has 0 aromatic rings. The Labute approximate surface area is 70.1 Å². The van der Waals surface area contributed by atoms with E-state index in [0.29, 0.717) is 13.0 Å². The molecular weight excluding hydrogens is 168 g/mol. The highest BCUT2D eigenvalue weighted by Gasteiger charge is 2.12. The van der Waals surface area contributed by atoms with Gasteiger partial charge in [0.2, 0.25) is 0 Å². The Bertz CT molecular complexity index is 131. The van der Waals surface area contributed by atoms with Gasteiger partial charge in [-0.1, -0.05) is 0 Å². The number of unbranched alkanes of at least 4 members (excludes halogenated alkanes) is 1. The molecular formula is C7H13F2NO2. The number of hydrogen-bond acceptors (Lipinski definition) is 2. The highest BCUT2D eigenvalue weighted by molar-refractivity contribution is 5.78. The van der Waals surface area contributed by atoms with Crippen LogP contribution in [-0.2, 0) is 9.53 Å². The highest BCUT2D eigenvalue weighted by atomic mass is 19.3. The smallest absolute Gasteiger partial charge is 0.315 e. The van der Waals surface area contributed by atoms with Crippen LogP contribution in [0.15, 0.2) is 0 Å². The van der Waals surface area contributed by atoms with Crippen LogP contribution in [0.1, 0.15) is 12.8 Å². The van der Waals surface area contributed by atoms with Crippen LogP contribution in [0.2, 0.25) is 0 Å². The lowest BCUT2D eigenvalue weighted by Crippen LogP contribution is -2.30. The Morgan fingerprint density at radius 1 is 1.50 bits per heavy atom. The van der Waals surface area contributed by atoms with Gasteiger partial charge in [0.05, 0.1) is 0 Å². The number of carbonyl (C=O) groups excluding carboxylic acids is 1. The first-order valence-corrected chi connectivity index (χ1v) is 3.73. The van der Waals surface area contributed by atoms with Crippen molar-refractivity contribution in [2.24, 2.45) is 0 Å². The Balaban J connectivity index is 3.14. The first-order valence-electron chi connectivity index (χ1n) is 3.73. The van der Waals surface area contributed by atoms with Crippen LogP contribution in [0.5, 0.6) is 0 Å². The van der Waals surface area contributed by atoms with Crippen molar-refractivity contribution in [1.82, 2.24) is 5.32 Å². The predicted molar refractivity (Wildman–Crippen MR) is 40.1 cm³/mol. The number of alkyl halides is 2. The van der Waals surface area contributed by atoms with Gasteiger partial charge in [0.25, 0.3) is 5.91 Å². The third-order valence-electron chi connectivity index (χ3n) is 1.27. The number of amides is 1. The molecule has 0 saturated heterocycles. The predicted octanol–water partition coefficient (Wildman–Crippen LogP) is 0.794. The van der Waals surface area contributed by atoms with Gasteiger partial charge in [-0.25, -0.2) is 0 Å². The lowest BCUT2D eigenvalue weighted by molar-refractivity contribution is -0.131. The second-order valence-corrected chi connectivity index (χ2v) is 2.29. The summed E-state index contributed by atoms with van der Waals surface area (Å²) in [6, 6.07) is 0. The van der Waals surface area contributed by atoms with Gasteiger partial charge in [-0.2, -0.15) is 8.78 Å². The molecule has 0 fully saturated rings. The van der Waals surface area contributed by atoms with Crippen LogP contribution < -0.4 is 5.32 Å². The van der Waals surface area contributed by atoms with Crippen molar-refractivity contribution in [3.8, 4) is 0 Å². The van der Waals surface area contributed by atoms with Crippen molar-refractivity contribution in [2.45, 2.75) is 19.3 Å². The fraction of sp³-hybridized carbons (Fsp3) is 0.857. The molecule has 0 unspecified atom stereocenters. The average molecular weight is 181 g/mol. The Hall–Kier alpha value is -0.710. The molecule has 0 aliphatic heterocycles. The molecule has 5 heteroatoms. The van der Waals surface area contributed by atoms with E-state index in [4.69, 9.17) is 4.74 Å². The summed E-state index contributed by atoms with van der Waals surface area (Å²) in [5.74, 6) is -1.20. The van der Waals surface area contributed by atoms with E-state index in [1.54, 1.807) is 7.11 Å². The van der Waals surface area contributed by atoms with Crippen LogP contribution in [0.3, 0.4) is 0 Å². The van der Waals surface area contributed by atoms with Crippen LogP contribution in [0.4, 0.5) is 8.78 Å². The fourth-order valence-corrected chi connectivity index (χ4v) is 0.660. The number of carbonyl (C=O) groups is 1. The summed E-state index contributed by atoms with van der Waals surface area (Å²) in [7, 11) is 1.57. The molecule has 0 heterocycles. The summed E-state index contributed by atoms with van der Waals surface area (Å²) in [5.41, 5.74) is 0. The maximum Gasteiger partial charge on any atom is 0.315 e. The van der Waals surface area contributed by atoms with Gasteiger partial charge in [0.1, 0.15) is 0 Å². The summed E-state index contributed by atoms with van der Waals surface area (Å²) >= 11 is 0. The zero-order valence-electron chi connectivity index (χ0n) is 6.98. The van der Waals surface area contributed by atoms with E-state index in [-0.39, 0.29) is 6.54 Å². The SMILES string of the molecule is COCCCCNC(=O)C(F)F. The Kier molecular flexibility index (Phi) is 6.55. The van der Waals surface area contributed by atoms with E-state index in [0.717, 1.165) is 6.42 Å². The van der Waals surface area contributed by atoms with E-state index in [2.05, 4.69) is 5.32 Å². The molecule has 0 radical (unpaired) electrons. The molecule has 0 aromatic carbocycles. The summed E-state index contributed by atoms with van der Waals surface area (Å²) in [6.07, 6.45) is -1.49.